The molecule has 2 aromatic carbocycles. The minimum absolute atomic E-state index is 0.127. The Morgan fingerprint density at radius 2 is 2.10 bits per heavy atom. The normalized spacial score (nSPS) is 33.3. The summed E-state index contributed by atoms with van der Waals surface area (Å²) in [7, 11) is 0. The Hall–Kier alpha value is -2.57. The van der Waals surface area contributed by atoms with E-state index in [1.54, 1.807) is 6.07 Å². The van der Waals surface area contributed by atoms with Crippen LogP contribution in [0.2, 0.25) is 0 Å². The lowest BCUT2D eigenvalue weighted by Gasteiger charge is -2.62. The summed E-state index contributed by atoms with van der Waals surface area (Å²) in [5.41, 5.74) is 3.45. The van der Waals surface area contributed by atoms with Gasteiger partial charge in [-0.25, -0.2) is 4.39 Å². The minimum Gasteiger partial charge on any atom is -0.504 e. The van der Waals surface area contributed by atoms with Crippen molar-refractivity contribution < 1.29 is 19.3 Å². The number of likely N-dealkylation sites (tertiary alicyclic amines) is 1. The summed E-state index contributed by atoms with van der Waals surface area (Å²) in [5, 5.41) is 24.2. The number of ether oxygens (including phenoxy) is 1. The zero-order valence-electron chi connectivity index (χ0n) is 16.5. The molecule has 5 nitrogen and oxygen atoms in total. The second-order valence-corrected chi connectivity index (χ2v) is 9.28. The Balaban J connectivity index is 1.56. The molecule has 4 atom stereocenters. The lowest BCUT2D eigenvalue weighted by molar-refractivity contribution is -0.172. The Morgan fingerprint density at radius 3 is 2.97 bits per heavy atom. The number of hydrogen-bond acceptors (Lipinski definition) is 4. The van der Waals surface area contributed by atoms with E-state index in [1.165, 1.54) is 0 Å². The molecule has 2 aliphatic heterocycles. The van der Waals surface area contributed by atoms with Gasteiger partial charge in [-0.3, -0.25) is 4.90 Å². The fourth-order valence-corrected chi connectivity index (χ4v) is 7.10. The molecule has 4 aliphatic rings. The van der Waals surface area contributed by atoms with E-state index < -0.39 is 23.8 Å². The van der Waals surface area contributed by atoms with Gasteiger partial charge in [0.25, 0.3) is 0 Å². The average molecular weight is 406 g/mol. The van der Waals surface area contributed by atoms with Crippen molar-refractivity contribution in [2.24, 2.45) is 0 Å². The Labute approximate surface area is 173 Å². The van der Waals surface area contributed by atoms with Crippen molar-refractivity contribution >= 4 is 10.9 Å². The number of aromatic nitrogens is 1. The number of benzene rings is 2. The number of aromatic amines is 1. The molecule has 3 N–H and O–H groups in total. The highest BCUT2D eigenvalue weighted by Crippen LogP contribution is 2.68. The molecule has 0 unspecified atom stereocenters. The molecule has 1 aromatic heterocycles. The number of piperidine rings is 1. The number of para-hydroxylation sites is 1. The van der Waals surface area contributed by atoms with Crippen LogP contribution in [-0.2, 0) is 18.3 Å². The van der Waals surface area contributed by atoms with Gasteiger partial charge >= 0.3 is 0 Å². The Kier molecular flexibility index (Phi) is 3.07. The second-order valence-electron chi connectivity index (χ2n) is 9.28. The molecule has 0 amide bonds. The maximum absolute atomic E-state index is 13.4. The van der Waals surface area contributed by atoms with Crippen LogP contribution in [-0.4, -0.2) is 51.5 Å². The van der Waals surface area contributed by atoms with Crippen LogP contribution in [0.4, 0.5) is 4.39 Å². The molecule has 2 aliphatic carbocycles. The van der Waals surface area contributed by atoms with Gasteiger partial charge in [0, 0.05) is 35.5 Å². The van der Waals surface area contributed by atoms with Gasteiger partial charge in [-0.2, -0.15) is 0 Å². The number of nitrogens with one attached hydrogen (secondary N) is 1. The molecule has 6 heteroatoms. The van der Waals surface area contributed by atoms with Crippen molar-refractivity contribution in [2.45, 2.75) is 42.4 Å². The molecule has 0 saturated carbocycles. The third-order valence-electron chi connectivity index (χ3n) is 8.25. The number of alkyl halides is 1. The van der Waals surface area contributed by atoms with Crippen LogP contribution in [0.5, 0.6) is 11.5 Å². The van der Waals surface area contributed by atoms with Crippen LogP contribution < -0.4 is 4.74 Å². The molecular formula is C24H23FN2O3. The molecule has 3 heterocycles. The highest BCUT2D eigenvalue weighted by Gasteiger charge is 2.72. The van der Waals surface area contributed by atoms with Crippen molar-refractivity contribution in [1.82, 2.24) is 9.88 Å². The monoisotopic (exact) mass is 406 g/mol. The summed E-state index contributed by atoms with van der Waals surface area (Å²) in [6.07, 6.45) is 1.40. The molecule has 1 spiro atoms. The number of H-pyrrole nitrogens is 1. The minimum atomic E-state index is -1.09. The average Bonchev–Trinajstić information content (AvgIpc) is 3.27. The molecule has 7 rings (SSSR count). The van der Waals surface area contributed by atoms with Gasteiger partial charge < -0.3 is 19.9 Å². The summed E-state index contributed by atoms with van der Waals surface area (Å²) in [5.74, 6) is 0.641. The number of hydrogen-bond donors (Lipinski definition) is 3. The molecular weight excluding hydrogens is 383 g/mol. The van der Waals surface area contributed by atoms with Crippen LogP contribution >= 0.6 is 0 Å². The molecule has 30 heavy (non-hydrogen) atoms. The summed E-state index contributed by atoms with van der Waals surface area (Å²) in [6.45, 7) is 0.613. The maximum Gasteiger partial charge on any atom is 0.166 e. The molecule has 154 valence electrons. The van der Waals surface area contributed by atoms with Crippen molar-refractivity contribution in [2.75, 3.05) is 19.8 Å². The van der Waals surface area contributed by atoms with Crippen LogP contribution in [0, 0.1) is 0 Å². The van der Waals surface area contributed by atoms with Crippen LogP contribution in [0.25, 0.3) is 10.9 Å². The van der Waals surface area contributed by atoms with E-state index in [-0.39, 0.29) is 11.8 Å². The van der Waals surface area contributed by atoms with E-state index in [0.29, 0.717) is 38.1 Å². The standard InChI is InChI=1S/C24H23FN2O3/c25-8-10-27-9-7-23-19-13-5-6-17(28)21(19)30-22(23)20-15(12-24(23,29)18(27)11-13)14-3-1-2-4-16(14)26-20/h1-6,18,22,26,28-29H,7-12H2/t18-,22+,23+,24-/m1/s1. The predicted octanol–water partition coefficient (Wildman–Crippen LogP) is 3.13. The topological polar surface area (TPSA) is 68.7 Å². The van der Waals surface area contributed by atoms with E-state index in [2.05, 4.69) is 16.0 Å². The van der Waals surface area contributed by atoms with E-state index in [9.17, 15) is 14.6 Å². The summed E-state index contributed by atoms with van der Waals surface area (Å²) in [4.78, 5) is 5.69. The van der Waals surface area contributed by atoms with E-state index >= 15 is 0 Å². The summed E-state index contributed by atoms with van der Waals surface area (Å²) >= 11 is 0. The number of rotatable bonds is 2. The lowest BCUT2D eigenvalue weighted by atomic mass is 9.49. The van der Waals surface area contributed by atoms with Gasteiger partial charge in [0.2, 0.25) is 0 Å². The van der Waals surface area contributed by atoms with E-state index in [0.717, 1.165) is 33.3 Å². The number of fused-ring (bicyclic) bond motifs is 4. The third-order valence-corrected chi connectivity index (χ3v) is 8.25. The third kappa shape index (κ3) is 1.70. The first kappa shape index (κ1) is 17.1. The number of nitrogens with zero attached hydrogens (tertiary/aromatic N) is 1. The largest absolute Gasteiger partial charge is 0.504 e. The predicted molar refractivity (Wildman–Crippen MR) is 110 cm³/mol. The maximum atomic E-state index is 13.4. The number of aliphatic hydroxyl groups is 1. The Morgan fingerprint density at radius 1 is 1.23 bits per heavy atom. The molecule has 1 fully saturated rings. The molecule has 0 radical (unpaired) electrons. The first-order valence-electron chi connectivity index (χ1n) is 10.7. The quantitative estimate of drug-likeness (QED) is 0.612. The van der Waals surface area contributed by atoms with Gasteiger partial charge in [0.15, 0.2) is 17.6 Å². The van der Waals surface area contributed by atoms with Gasteiger partial charge in [-0.05, 0) is 42.6 Å². The van der Waals surface area contributed by atoms with Gasteiger partial charge in [0.05, 0.1) is 16.7 Å². The number of phenols is 1. The van der Waals surface area contributed by atoms with Crippen molar-refractivity contribution in [1.29, 1.82) is 0 Å². The van der Waals surface area contributed by atoms with Crippen LogP contribution in [0.1, 0.15) is 34.9 Å². The number of halogens is 1. The SMILES string of the molecule is Oc1ccc2c3c1O[C@H]1c4[nH]c5ccccc5c4C[C@@]4(O)[C@@H](C2)N(CCF)CC[C@]314. The van der Waals surface area contributed by atoms with Crippen LogP contribution in [0.15, 0.2) is 36.4 Å². The first-order chi connectivity index (χ1) is 14.6. The number of phenolic OH excluding ortho intramolecular Hbond substituents is 1. The fourth-order valence-electron chi connectivity index (χ4n) is 7.10. The fraction of sp³-hybridized carbons (Fsp3) is 0.417. The van der Waals surface area contributed by atoms with Gasteiger partial charge in [0.1, 0.15) is 6.67 Å². The Bertz CT molecular complexity index is 1220. The lowest BCUT2D eigenvalue weighted by Crippen LogP contribution is -2.74. The highest BCUT2D eigenvalue weighted by molar-refractivity contribution is 5.86. The number of aromatic hydroxyl groups is 1. The molecule has 1 saturated heterocycles. The highest BCUT2D eigenvalue weighted by atomic mass is 19.1. The summed E-state index contributed by atoms with van der Waals surface area (Å²) in [6, 6.07) is 11.6. The van der Waals surface area contributed by atoms with Crippen LogP contribution in [0.3, 0.4) is 0 Å². The van der Waals surface area contributed by atoms with Crippen molar-refractivity contribution in [3.63, 3.8) is 0 Å². The second kappa shape index (κ2) is 5.37. The van der Waals surface area contributed by atoms with E-state index in [4.69, 9.17) is 4.74 Å². The molecule has 3 aromatic rings. The van der Waals surface area contributed by atoms with Gasteiger partial charge in [-0.15, -0.1) is 0 Å². The van der Waals surface area contributed by atoms with E-state index in [1.807, 2.05) is 24.3 Å². The van der Waals surface area contributed by atoms with Crippen molar-refractivity contribution in [3.8, 4) is 11.5 Å². The van der Waals surface area contributed by atoms with Gasteiger partial charge in [-0.1, -0.05) is 24.3 Å². The first-order valence-corrected chi connectivity index (χ1v) is 10.7. The smallest absolute Gasteiger partial charge is 0.166 e. The summed E-state index contributed by atoms with van der Waals surface area (Å²) < 4.78 is 19.9. The zero-order chi connectivity index (χ0) is 20.3. The zero-order valence-corrected chi connectivity index (χ0v) is 16.5. The molecule has 2 bridgehead atoms. The van der Waals surface area contributed by atoms with Crippen molar-refractivity contribution in [3.05, 3.63) is 58.8 Å².